The Bertz CT molecular complexity index is 420. The van der Waals surface area contributed by atoms with Crippen LogP contribution in [-0.2, 0) is 4.79 Å². The number of benzene rings is 1. The van der Waals surface area contributed by atoms with Gasteiger partial charge in [-0.1, -0.05) is 18.5 Å². The van der Waals surface area contributed by atoms with E-state index >= 15 is 0 Å². The van der Waals surface area contributed by atoms with Gasteiger partial charge in [0.25, 0.3) is 0 Å². The molecule has 0 saturated heterocycles. The molecule has 1 aromatic carbocycles. The summed E-state index contributed by atoms with van der Waals surface area (Å²) in [6, 6.07) is 4.75. The summed E-state index contributed by atoms with van der Waals surface area (Å²) in [5, 5.41) is 0.461. The first-order valence-electron chi connectivity index (χ1n) is 5.26. The van der Waals surface area contributed by atoms with E-state index in [9.17, 15) is 9.59 Å². The lowest BCUT2D eigenvalue weighted by Crippen LogP contribution is -2.24. The van der Waals surface area contributed by atoms with Gasteiger partial charge in [-0.05, 0) is 24.6 Å². The smallest absolute Gasteiger partial charge is 0.221 e. The van der Waals surface area contributed by atoms with Gasteiger partial charge in [0.2, 0.25) is 5.91 Å². The fourth-order valence-corrected chi connectivity index (χ4v) is 1.57. The van der Waals surface area contributed by atoms with Gasteiger partial charge in [0, 0.05) is 5.02 Å². The first kappa shape index (κ1) is 13.5. The first-order chi connectivity index (χ1) is 8.06. The molecule has 17 heavy (non-hydrogen) atoms. The van der Waals surface area contributed by atoms with Crippen molar-refractivity contribution in [3.63, 3.8) is 0 Å². The van der Waals surface area contributed by atoms with Crippen molar-refractivity contribution < 1.29 is 14.3 Å². The molecule has 0 heterocycles. The number of halogens is 1. The van der Waals surface area contributed by atoms with Crippen molar-refractivity contribution in [1.29, 1.82) is 0 Å². The van der Waals surface area contributed by atoms with E-state index in [0.717, 1.165) is 0 Å². The molecular formula is C12H14ClNO3. The molecule has 0 radical (unpaired) electrons. The fourth-order valence-electron chi connectivity index (χ4n) is 1.39. The molecule has 1 atom stereocenters. The van der Waals surface area contributed by atoms with E-state index in [-0.39, 0.29) is 12.5 Å². The molecule has 0 fully saturated rings. The highest BCUT2D eigenvalue weighted by atomic mass is 35.5. The maximum absolute atomic E-state index is 10.8. The molecule has 0 aliphatic carbocycles. The number of primary amides is 1. The fraction of sp³-hybridized carbons (Fsp3) is 0.333. The molecule has 1 rings (SSSR count). The number of amides is 1. The van der Waals surface area contributed by atoms with Crippen molar-refractivity contribution in [3.05, 3.63) is 28.8 Å². The Morgan fingerprint density at radius 3 is 2.82 bits per heavy atom. The molecule has 92 valence electrons. The van der Waals surface area contributed by atoms with Crippen LogP contribution in [0.25, 0.3) is 0 Å². The van der Waals surface area contributed by atoms with Crippen LogP contribution in [-0.4, -0.2) is 18.3 Å². The molecule has 2 N–H and O–H groups in total. The highest BCUT2D eigenvalue weighted by Crippen LogP contribution is 2.23. The maximum atomic E-state index is 10.8. The van der Waals surface area contributed by atoms with Crippen LogP contribution in [0.2, 0.25) is 5.02 Å². The van der Waals surface area contributed by atoms with Gasteiger partial charge in [-0.3, -0.25) is 9.59 Å². The maximum Gasteiger partial charge on any atom is 0.221 e. The van der Waals surface area contributed by atoms with Gasteiger partial charge in [-0.2, -0.15) is 0 Å². The van der Waals surface area contributed by atoms with Crippen molar-refractivity contribution in [2.45, 2.75) is 25.9 Å². The molecule has 0 aliphatic rings. The van der Waals surface area contributed by atoms with Crippen molar-refractivity contribution in [3.8, 4) is 5.75 Å². The van der Waals surface area contributed by atoms with Crippen LogP contribution >= 0.6 is 11.6 Å². The molecule has 1 amide bonds. The van der Waals surface area contributed by atoms with Crippen molar-refractivity contribution >= 4 is 23.8 Å². The zero-order chi connectivity index (χ0) is 12.8. The van der Waals surface area contributed by atoms with Crippen LogP contribution in [0.15, 0.2) is 18.2 Å². The summed E-state index contributed by atoms with van der Waals surface area (Å²) in [4.78, 5) is 21.7. The van der Waals surface area contributed by atoms with Crippen molar-refractivity contribution in [2.24, 2.45) is 5.73 Å². The lowest BCUT2D eigenvalue weighted by Gasteiger charge is -2.17. The Morgan fingerprint density at radius 1 is 1.59 bits per heavy atom. The molecule has 0 aliphatic heterocycles. The lowest BCUT2D eigenvalue weighted by atomic mass is 10.1. The number of rotatable bonds is 6. The third-order valence-corrected chi connectivity index (χ3v) is 2.51. The molecular weight excluding hydrogens is 242 g/mol. The van der Waals surface area contributed by atoms with Gasteiger partial charge in [0.1, 0.15) is 11.9 Å². The molecule has 1 aromatic rings. The largest absolute Gasteiger partial charge is 0.489 e. The third kappa shape index (κ3) is 4.07. The lowest BCUT2D eigenvalue weighted by molar-refractivity contribution is -0.119. The number of carbonyl (C=O) groups excluding carboxylic acids is 2. The quantitative estimate of drug-likeness (QED) is 0.792. The molecule has 1 unspecified atom stereocenters. The highest BCUT2D eigenvalue weighted by molar-refractivity contribution is 6.30. The molecule has 0 spiro atoms. The minimum absolute atomic E-state index is 0.122. The Labute approximate surface area is 105 Å². The number of hydrogen-bond acceptors (Lipinski definition) is 3. The van der Waals surface area contributed by atoms with Crippen LogP contribution in [0, 0.1) is 0 Å². The molecule has 0 saturated carbocycles. The Kier molecular flexibility index (Phi) is 4.97. The predicted octanol–water partition coefficient (Wildman–Crippen LogP) is 2.19. The predicted molar refractivity (Wildman–Crippen MR) is 65.4 cm³/mol. The van der Waals surface area contributed by atoms with E-state index in [1.165, 1.54) is 6.07 Å². The van der Waals surface area contributed by atoms with Gasteiger partial charge in [0.15, 0.2) is 6.29 Å². The summed E-state index contributed by atoms with van der Waals surface area (Å²) in [6.45, 7) is 1.88. The van der Waals surface area contributed by atoms with Crippen LogP contribution in [0.4, 0.5) is 0 Å². The SMILES string of the molecule is CCC(CC(N)=O)Oc1ccc(Cl)cc1C=O. The zero-order valence-corrected chi connectivity index (χ0v) is 10.2. The summed E-state index contributed by atoms with van der Waals surface area (Å²) in [6.07, 6.45) is 1.09. The molecule has 4 nitrogen and oxygen atoms in total. The summed E-state index contributed by atoms with van der Waals surface area (Å²) in [5.74, 6) is -0.0176. The molecule has 0 bridgehead atoms. The summed E-state index contributed by atoms with van der Waals surface area (Å²) in [7, 11) is 0. The Morgan fingerprint density at radius 2 is 2.29 bits per heavy atom. The van der Waals surface area contributed by atoms with Crippen LogP contribution < -0.4 is 10.5 Å². The van der Waals surface area contributed by atoms with Gasteiger partial charge in [-0.15, -0.1) is 0 Å². The van der Waals surface area contributed by atoms with Crippen LogP contribution in [0.1, 0.15) is 30.1 Å². The highest BCUT2D eigenvalue weighted by Gasteiger charge is 2.13. The number of aldehydes is 1. The van der Waals surface area contributed by atoms with E-state index < -0.39 is 5.91 Å². The summed E-state index contributed by atoms with van der Waals surface area (Å²) >= 11 is 5.76. The molecule has 5 heteroatoms. The van der Waals surface area contributed by atoms with E-state index in [1.807, 2.05) is 6.92 Å². The number of ether oxygens (including phenoxy) is 1. The average molecular weight is 256 g/mol. The average Bonchev–Trinajstić information content (AvgIpc) is 2.29. The van der Waals surface area contributed by atoms with Crippen molar-refractivity contribution in [2.75, 3.05) is 0 Å². The topological polar surface area (TPSA) is 69.4 Å². The number of carbonyl (C=O) groups is 2. The third-order valence-electron chi connectivity index (χ3n) is 2.28. The van der Waals surface area contributed by atoms with Crippen molar-refractivity contribution in [1.82, 2.24) is 0 Å². The minimum atomic E-state index is -0.432. The monoisotopic (exact) mass is 255 g/mol. The Balaban J connectivity index is 2.85. The van der Waals surface area contributed by atoms with Gasteiger partial charge < -0.3 is 10.5 Å². The van der Waals surface area contributed by atoms with Crippen LogP contribution in [0.5, 0.6) is 5.75 Å². The van der Waals surface area contributed by atoms with Gasteiger partial charge in [-0.25, -0.2) is 0 Å². The first-order valence-corrected chi connectivity index (χ1v) is 5.64. The van der Waals surface area contributed by atoms with E-state index in [1.54, 1.807) is 12.1 Å². The second-order valence-corrected chi connectivity index (χ2v) is 4.05. The zero-order valence-electron chi connectivity index (χ0n) is 9.48. The number of hydrogen-bond donors (Lipinski definition) is 1. The van der Waals surface area contributed by atoms with E-state index in [4.69, 9.17) is 22.1 Å². The minimum Gasteiger partial charge on any atom is -0.489 e. The summed E-state index contributed by atoms with van der Waals surface area (Å²) in [5.41, 5.74) is 5.47. The van der Waals surface area contributed by atoms with E-state index in [0.29, 0.717) is 29.0 Å². The number of nitrogens with two attached hydrogens (primary N) is 1. The summed E-state index contributed by atoms with van der Waals surface area (Å²) < 4.78 is 5.56. The standard InChI is InChI=1S/C12H14ClNO3/c1-2-10(6-12(14)16)17-11-4-3-9(13)5-8(11)7-15/h3-5,7,10H,2,6H2,1H3,(H2,14,16). The van der Waals surface area contributed by atoms with Gasteiger partial charge >= 0.3 is 0 Å². The van der Waals surface area contributed by atoms with E-state index in [2.05, 4.69) is 0 Å². The van der Waals surface area contributed by atoms with Crippen LogP contribution in [0.3, 0.4) is 0 Å². The second kappa shape index (κ2) is 6.25. The van der Waals surface area contributed by atoms with Gasteiger partial charge in [0.05, 0.1) is 12.0 Å². The molecule has 0 aromatic heterocycles. The second-order valence-electron chi connectivity index (χ2n) is 3.62. The normalized spacial score (nSPS) is 11.9. The Hall–Kier alpha value is -1.55.